The van der Waals surface area contributed by atoms with Crippen molar-refractivity contribution in [2.45, 2.75) is 13.3 Å². The minimum atomic E-state index is -0.124. The second-order valence-electron chi connectivity index (χ2n) is 4.04. The van der Waals surface area contributed by atoms with Gasteiger partial charge in [0.1, 0.15) is 5.75 Å². The molecule has 0 saturated carbocycles. The monoisotopic (exact) mass is 323 g/mol. The maximum Gasteiger partial charge on any atom is 0.229 e. The molecule has 0 unspecified atom stereocenters. The average Bonchev–Trinajstić information content (AvgIpc) is 2.75. The molecule has 1 heterocycles. The highest BCUT2D eigenvalue weighted by Crippen LogP contribution is 2.17. The first-order chi connectivity index (χ1) is 9.13. The van der Waals surface area contributed by atoms with Crippen LogP contribution in [0.15, 0.2) is 34.8 Å². The molecule has 2 rings (SSSR count). The van der Waals surface area contributed by atoms with Crippen molar-refractivity contribution in [2.75, 3.05) is 11.9 Å². The Morgan fingerprint density at radius 3 is 3.00 bits per heavy atom. The van der Waals surface area contributed by atoms with E-state index >= 15 is 0 Å². The van der Waals surface area contributed by atoms with Crippen LogP contribution < -0.4 is 10.1 Å². The fourth-order valence-corrected chi connectivity index (χ4v) is 1.88. The van der Waals surface area contributed by atoms with Gasteiger partial charge in [-0.2, -0.15) is 5.10 Å². The molecule has 0 atom stereocenters. The molecule has 0 aliphatic heterocycles. The van der Waals surface area contributed by atoms with Crippen LogP contribution in [-0.4, -0.2) is 22.7 Å². The number of hydrogen-bond donors (Lipinski definition) is 2. The third-order valence-electron chi connectivity index (χ3n) is 2.37. The number of nitrogens with one attached hydrogen (secondary N) is 2. The summed E-state index contributed by atoms with van der Waals surface area (Å²) in [5.74, 6) is 1.14. The van der Waals surface area contributed by atoms with E-state index in [0.717, 1.165) is 15.9 Å². The molecule has 0 spiro atoms. The number of amides is 1. The van der Waals surface area contributed by atoms with E-state index in [2.05, 4.69) is 31.4 Å². The van der Waals surface area contributed by atoms with E-state index in [9.17, 15) is 4.79 Å². The van der Waals surface area contributed by atoms with Crippen LogP contribution in [0.5, 0.6) is 5.75 Å². The van der Waals surface area contributed by atoms with Gasteiger partial charge in [-0.1, -0.05) is 22.0 Å². The van der Waals surface area contributed by atoms with Crippen LogP contribution in [0.3, 0.4) is 0 Å². The maximum absolute atomic E-state index is 11.6. The highest BCUT2D eigenvalue weighted by molar-refractivity contribution is 9.10. The van der Waals surface area contributed by atoms with Gasteiger partial charge in [0.2, 0.25) is 5.91 Å². The molecule has 0 fully saturated rings. The van der Waals surface area contributed by atoms with E-state index < -0.39 is 0 Å². The SMILES string of the molecule is Cc1cc(NC(=O)CCOc2cccc(Br)c2)n[nH]1. The lowest BCUT2D eigenvalue weighted by Gasteiger charge is -2.06. The average molecular weight is 324 g/mol. The Morgan fingerprint density at radius 1 is 1.47 bits per heavy atom. The van der Waals surface area contributed by atoms with Gasteiger partial charge < -0.3 is 10.1 Å². The van der Waals surface area contributed by atoms with Crippen molar-refractivity contribution in [1.29, 1.82) is 0 Å². The molecular weight excluding hydrogens is 310 g/mol. The summed E-state index contributed by atoms with van der Waals surface area (Å²) in [6.45, 7) is 2.20. The van der Waals surface area contributed by atoms with E-state index in [1.807, 2.05) is 31.2 Å². The molecule has 1 amide bonds. The lowest BCUT2D eigenvalue weighted by atomic mass is 10.3. The summed E-state index contributed by atoms with van der Waals surface area (Å²) in [5.41, 5.74) is 0.903. The van der Waals surface area contributed by atoms with Gasteiger partial charge >= 0.3 is 0 Å². The molecule has 0 saturated heterocycles. The number of ether oxygens (including phenoxy) is 1. The minimum absolute atomic E-state index is 0.124. The third-order valence-corrected chi connectivity index (χ3v) is 2.86. The first-order valence-electron chi connectivity index (χ1n) is 5.84. The van der Waals surface area contributed by atoms with E-state index in [4.69, 9.17) is 4.74 Å². The van der Waals surface area contributed by atoms with Crippen molar-refractivity contribution in [3.05, 3.63) is 40.5 Å². The quantitative estimate of drug-likeness (QED) is 0.889. The van der Waals surface area contributed by atoms with Gasteiger partial charge in [0.25, 0.3) is 0 Å². The van der Waals surface area contributed by atoms with E-state index in [0.29, 0.717) is 12.4 Å². The van der Waals surface area contributed by atoms with Gasteiger partial charge in [0, 0.05) is 16.2 Å². The topological polar surface area (TPSA) is 67.0 Å². The molecule has 0 radical (unpaired) electrons. The number of nitrogens with zero attached hydrogens (tertiary/aromatic N) is 1. The first kappa shape index (κ1) is 13.6. The van der Waals surface area contributed by atoms with Crippen LogP contribution in [0.4, 0.5) is 5.82 Å². The van der Waals surface area contributed by atoms with Gasteiger partial charge in [-0.3, -0.25) is 9.89 Å². The lowest BCUT2D eigenvalue weighted by Crippen LogP contribution is -2.15. The van der Waals surface area contributed by atoms with E-state index in [-0.39, 0.29) is 12.3 Å². The Bertz CT molecular complexity index is 569. The van der Waals surface area contributed by atoms with E-state index in [1.54, 1.807) is 6.07 Å². The molecule has 100 valence electrons. The zero-order valence-corrected chi connectivity index (χ0v) is 12.0. The summed E-state index contributed by atoms with van der Waals surface area (Å²) in [5, 5.41) is 9.38. The first-order valence-corrected chi connectivity index (χ1v) is 6.63. The predicted molar refractivity (Wildman–Crippen MR) is 76.2 cm³/mol. The van der Waals surface area contributed by atoms with E-state index in [1.165, 1.54) is 0 Å². The number of halogens is 1. The molecule has 5 nitrogen and oxygen atoms in total. The summed E-state index contributed by atoms with van der Waals surface area (Å²) in [4.78, 5) is 11.6. The molecule has 0 aliphatic carbocycles. The summed E-state index contributed by atoms with van der Waals surface area (Å²) in [7, 11) is 0. The second kappa shape index (κ2) is 6.38. The summed E-state index contributed by atoms with van der Waals surface area (Å²) < 4.78 is 6.43. The van der Waals surface area contributed by atoms with Crippen molar-refractivity contribution >= 4 is 27.7 Å². The largest absolute Gasteiger partial charge is 0.493 e. The van der Waals surface area contributed by atoms with Crippen LogP contribution in [0.25, 0.3) is 0 Å². The highest BCUT2D eigenvalue weighted by Gasteiger charge is 2.05. The van der Waals surface area contributed by atoms with Crippen molar-refractivity contribution in [3.63, 3.8) is 0 Å². The normalized spacial score (nSPS) is 10.2. The number of aromatic amines is 1. The number of carbonyl (C=O) groups is 1. The Labute approximate surface area is 119 Å². The number of carbonyl (C=O) groups excluding carboxylic acids is 1. The molecule has 0 aliphatic rings. The summed E-state index contributed by atoms with van der Waals surface area (Å²) in [6.07, 6.45) is 0.276. The third kappa shape index (κ3) is 4.40. The zero-order chi connectivity index (χ0) is 13.7. The van der Waals surface area contributed by atoms with Gasteiger partial charge in [-0.05, 0) is 25.1 Å². The Balaban J connectivity index is 1.75. The number of benzene rings is 1. The van der Waals surface area contributed by atoms with Crippen molar-refractivity contribution in [3.8, 4) is 5.75 Å². The highest BCUT2D eigenvalue weighted by atomic mass is 79.9. The number of rotatable bonds is 5. The molecule has 19 heavy (non-hydrogen) atoms. The number of H-pyrrole nitrogens is 1. The second-order valence-corrected chi connectivity index (χ2v) is 4.96. The van der Waals surface area contributed by atoms with Gasteiger partial charge in [-0.25, -0.2) is 0 Å². The molecule has 2 aromatic rings. The fraction of sp³-hybridized carbons (Fsp3) is 0.231. The van der Waals surface area contributed by atoms with Gasteiger partial charge in [0.15, 0.2) is 5.82 Å². The predicted octanol–water partition coefficient (Wildman–Crippen LogP) is 2.89. The molecule has 1 aromatic carbocycles. The number of hydrogen-bond acceptors (Lipinski definition) is 3. The Morgan fingerprint density at radius 2 is 2.32 bits per heavy atom. The molecule has 6 heteroatoms. The minimum Gasteiger partial charge on any atom is -0.493 e. The fourth-order valence-electron chi connectivity index (χ4n) is 1.51. The summed E-state index contributed by atoms with van der Waals surface area (Å²) >= 11 is 3.36. The van der Waals surface area contributed by atoms with Crippen molar-refractivity contribution in [1.82, 2.24) is 10.2 Å². The lowest BCUT2D eigenvalue weighted by molar-refractivity contribution is -0.116. The maximum atomic E-state index is 11.6. The summed E-state index contributed by atoms with van der Waals surface area (Å²) in [6, 6.07) is 9.27. The Hall–Kier alpha value is -1.82. The smallest absolute Gasteiger partial charge is 0.229 e. The molecule has 1 aromatic heterocycles. The van der Waals surface area contributed by atoms with Crippen LogP contribution in [0.2, 0.25) is 0 Å². The molecular formula is C13H14BrN3O2. The number of aryl methyl sites for hydroxylation is 1. The standard InChI is InChI=1S/C13H14BrN3O2/c1-9-7-12(17-16-9)15-13(18)5-6-19-11-4-2-3-10(14)8-11/h2-4,7-8H,5-6H2,1H3,(H2,15,16,17,18). The van der Waals surface area contributed by atoms with Crippen molar-refractivity contribution in [2.24, 2.45) is 0 Å². The van der Waals surface area contributed by atoms with Gasteiger partial charge in [0.05, 0.1) is 13.0 Å². The van der Waals surface area contributed by atoms with Crippen molar-refractivity contribution < 1.29 is 9.53 Å². The van der Waals surface area contributed by atoms with Crippen LogP contribution in [0.1, 0.15) is 12.1 Å². The van der Waals surface area contributed by atoms with Gasteiger partial charge in [-0.15, -0.1) is 0 Å². The van der Waals surface area contributed by atoms with Crippen LogP contribution in [0, 0.1) is 6.92 Å². The van der Waals surface area contributed by atoms with Crippen LogP contribution >= 0.6 is 15.9 Å². The van der Waals surface area contributed by atoms with Crippen LogP contribution in [-0.2, 0) is 4.79 Å². The molecule has 2 N–H and O–H groups in total. The number of aromatic nitrogens is 2. The molecule has 0 bridgehead atoms. The zero-order valence-electron chi connectivity index (χ0n) is 10.4. The number of anilines is 1. The Kier molecular flexibility index (Phi) is 4.57.